The van der Waals surface area contributed by atoms with Gasteiger partial charge in [-0.3, -0.25) is 4.79 Å². The predicted octanol–water partition coefficient (Wildman–Crippen LogP) is 4.36. The Morgan fingerprint density at radius 3 is 2.37 bits per heavy atom. The van der Waals surface area contributed by atoms with E-state index in [9.17, 15) is 9.18 Å². The maximum Gasteiger partial charge on any atom is 0.166 e. The molecule has 0 aliphatic heterocycles. The number of aldehydes is 1. The fraction of sp³-hybridized carbons (Fsp3) is 0.188. The average Bonchev–Trinajstić information content (AvgIpc) is 2.40. The van der Waals surface area contributed by atoms with E-state index in [4.69, 9.17) is 4.74 Å². The molecule has 2 aromatic rings. The van der Waals surface area contributed by atoms with E-state index >= 15 is 0 Å². The van der Waals surface area contributed by atoms with Gasteiger partial charge in [-0.15, -0.1) is 0 Å². The normalized spacial score (nSPS) is 10.3. The van der Waals surface area contributed by atoms with Crippen LogP contribution in [0.15, 0.2) is 30.3 Å². The molecule has 2 aromatic carbocycles. The second kappa shape index (κ2) is 5.22. The Morgan fingerprint density at radius 2 is 1.74 bits per heavy atom. The Morgan fingerprint density at radius 1 is 1.05 bits per heavy atom. The highest BCUT2D eigenvalue weighted by Gasteiger charge is 2.11. The minimum atomic E-state index is -0.537. The maximum absolute atomic E-state index is 13.8. The summed E-state index contributed by atoms with van der Waals surface area (Å²) in [6, 6.07) is 8.12. The molecule has 0 bridgehead atoms. The second-order valence-corrected chi connectivity index (χ2v) is 4.56. The molecule has 0 saturated heterocycles. The summed E-state index contributed by atoms with van der Waals surface area (Å²) >= 11 is 0. The maximum atomic E-state index is 13.8. The van der Waals surface area contributed by atoms with Crippen molar-refractivity contribution in [3.8, 4) is 11.5 Å². The fourth-order valence-corrected chi connectivity index (χ4v) is 1.87. The number of hydrogen-bond donors (Lipinski definition) is 0. The van der Waals surface area contributed by atoms with Gasteiger partial charge in [-0.2, -0.15) is 0 Å². The molecule has 0 atom stereocenters. The van der Waals surface area contributed by atoms with Gasteiger partial charge < -0.3 is 4.74 Å². The van der Waals surface area contributed by atoms with Crippen molar-refractivity contribution in [2.45, 2.75) is 20.8 Å². The number of rotatable bonds is 3. The highest BCUT2D eigenvalue weighted by Crippen LogP contribution is 2.32. The molecular weight excluding hydrogens is 243 g/mol. The van der Waals surface area contributed by atoms with Crippen molar-refractivity contribution in [3.05, 3.63) is 58.4 Å². The molecule has 0 amide bonds. The molecule has 0 aliphatic carbocycles. The highest BCUT2D eigenvalue weighted by atomic mass is 19.1. The molecular formula is C16H15FO2. The zero-order valence-electron chi connectivity index (χ0n) is 11.2. The van der Waals surface area contributed by atoms with Crippen LogP contribution in [0.3, 0.4) is 0 Å². The number of carbonyl (C=O) groups is 1. The van der Waals surface area contributed by atoms with Crippen molar-refractivity contribution in [1.29, 1.82) is 0 Å². The molecule has 2 nitrogen and oxygen atoms in total. The zero-order chi connectivity index (χ0) is 14.0. The van der Waals surface area contributed by atoms with Crippen molar-refractivity contribution in [2.75, 3.05) is 0 Å². The Labute approximate surface area is 111 Å². The van der Waals surface area contributed by atoms with Gasteiger partial charge in [-0.25, -0.2) is 4.39 Å². The Balaban J connectivity index is 2.42. The lowest BCUT2D eigenvalue weighted by Gasteiger charge is -2.14. The monoisotopic (exact) mass is 258 g/mol. The first-order valence-corrected chi connectivity index (χ1v) is 6.02. The number of ether oxygens (including phenoxy) is 1. The third-order valence-electron chi connectivity index (χ3n) is 3.18. The molecule has 0 radical (unpaired) electrons. The molecule has 0 aromatic heterocycles. The topological polar surface area (TPSA) is 26.3 Å². The van der Waals surface area contributed by atoms with Crippen molar-refractivity contribution in [1.82, 2.24) is 0 Å². The van der Waals surface area contributed by atoms with E-state index in [1.54, 1.807) is 0 Å². The Hall–Kier alpha value is -2.16. The van der Waals surface area contributed by atoms with Gasteiger partial charge in [0.05, 0.1) is 0 Å². The lowest BCUT2D eigenvalue weighted by atomic mass is 10.1. The first kappa shape index (κ1) is 13.3. The summed E-state index contributed by atoms with van der Waals surface area (Å²) in [6.45, 7) is 5.84. The predicted molar refractivity (Wildman–Crippen MR) is 72.5 cm³/mol. The fourth-order valence-electron chi connectivity index (χ4n) is 1.87. The van der Waals surface area contributed by atoms with Gasteiger partial charge in [0.15, 0.2) is 11.6 Å². The quantitative estimate of drug-likeness (QED) is 0.765. The molecule has 19 heavy (non-hydrogen) atoms. The summed E-state index contributed by atoms with van der Waals surface area (Å²) in [5.41, 5.74) is 3.31. The van der Waals surface area contributed by atoms with Gasteiger partial charge in [0, 0.05) is 5.56 Å². The van der Waals surface area contributed by atoms with E-state index in [2.05, 4.69) is 0 Å². The molecule has 98 valence electrons. The second-order valence-electron chi connectivity index (χ2n) is 4.56. The molecule has 2 rings (SSSR count). The van der Waals surface area contributed by atoms with Crippen LogP contribution in [-0.4, -0.2) is 6.29 Å². The third-order valence-corrected chi connectivity index (χ3v) is 3.18. The van der Waals surface area contributed by atoms with E-state index in [1.807, 2.05) is 32.9 Å². The van der Waals surface area contributed by atoms with Crippen LogP contribution in [0.5, 0.6) is 11.5 Å². The van der Waals surface area contributed by atoms with E-state index < -0.39 is 5.82 Å². The van der Waals surface area contributed by atoms with Gasteiger partial charge in [0.25, 0.3) is 0 Å². The van der Waals surface area contributed by atoms with Crippen molar-refractivity contribution < 1.29 is 13.9 Å². The van der Waals surface area contributed by atoms with E-state index in [1.165, 1.54) is 18.2 Å². The number of hydrogen-bond acceptors (Lipinski definition) is 2. The molecule has 0 N–H and O–H groups in total. The number of halogens is 1. The number of carbonyl (C=O) groups excluding carboxylic acids is 1. The average molecular weight is 258 g/mol. The standard InChI is InChI=1S/C16H15FO2/c1-10-4-5-11(2)16(12(10)3)19-15-7-6-13(9-18)8-14(15)17/h4-9H,1-3H3. The highest BCUT2D eigenvalue weighted by molar-refractivity contribution is 5.75. The first-order valence-electron chi connectivity index (χ1n) is 6.02. The Bertz CT molecular complexity index is 633. The molecule has 0 fully saturated rings. The summed E-state index contributed by atoms with van der Waals surface area (Å²) in [5, 5.41) is 0. The van der Waals surface area contributed by atoms with Crippen LogP contribution in [-0.2, 0) is 0 Å². The van der Waals surface area contributed by atoms with Gasteiger partial charge >= 0.3 is 0 Å². The molecule has 0 spiro atoms. The minimum absolute atomic E-state index is 0.127. The summed E-state index contributed by atoms with van der Waals surface area (Å²) in [5.74, 6) is 0.255. The lowest BCUT2D eigenvalue weighted by molar-refractivity contribution is 0.112. The van der Waals surface area contributed by atoms with Crippen LogP contribution in [0, 0.1) is 26.6 Å². The van der Waals surface area contributed by atoms with Gasteiger partial charge in [-0.1, -0.05) is 12.1 Å². The van der Waals surface area contributed by atoms with Crippen molar-refractivity contribution >= 4 is 6.29 Å². The smallest absolute Gasteiger partial charge is 0.166 e. The minimum Gasteiger partial charge on any atom is -0.454 e. The van der Waals surface area contributed by atoms with E-state index in [-0.39, 0.29) is 5.75 Å². The first-order chi connectivity index (χ1) is 9.02. The Kier molecular flexibility index (Phi) is 3.65. The van der Waals surface area contributed by atoms with Crippen LogP contribution in [0.2, 0.25) is 0 Å². The van der Waals surface area contributed by atoms with Gasteiger partial charge in [0.2, 0.25) is 0 Å². The molecule has 0 heterocycles. The summed E-state index contributed by atoms with van der Waals surface area (Å²) in [6.07, 6.45) is 0.607. The number of benzene rings is 2. The lowest BCUT2D eigenvalue weighted by Crippen LogP contribution is -1.96. The van der Waals surface area contributed by atoms with Gasteiger partial charge in [0.1, 0.15) is 12.0 Å². The molecule has 0 saturated carbocycles. The van der Waals surface area contributed by atoms with E-state index in [0.29, 0.717) is 17.6 Å². The van der Waals surface area contributed by atoms with Crippen LogP contribution < -0.4 is 4.74 Å². The van der Waals surface area contributed by atoms with Crippen LogP contribution in [0.25, 0.3) is 0 Å². The zero-order valence-corrected chi connectivity index (χ0v) is 11.2. The van der Waals surface area contributed by atoms with Crippen molar-refractivity contribution in [2.24, 2.45) is 0 Å². The molecule has 0 aliphatic rings. The third kappa shape index (κ3) is 2.65. The largest absolute Gasteiger partial charge is 0.454 e. The summed E-state index contributed by atoms with van der Waals surface area (Å²) < 4.78 is 19.5. The van der Waals surface area contributed by atoms with Gasteiger partial charge in [-0.05, 0) is 55.7 Å². The van der Waals surface area contributed by atoms with Crippen LogP contribution >= 0.6 is 0 Å². The SMILES string of the molecule is Cc1ccc(C)c(Oc2ccc(C=O)cc2F)c1C. The summed E-state index contributed by atoms with van der Waals surface area (Å²) in [7, 11) is 0. The van der Waals surface area contributed by atoms with Crippen molar-refractivity contribution in [3.63, 3.8) is 0 Å². The summed E-state index contributed by atoms with van der Waals surface area (Å²) in [4.78, 5) is 10.6. The van der Waals surface area contributed by atoms with E-state index in [0.717, 1.165) is 16.7 Å². The molecule has 3 heteroatoms. The molecule has 0 unspecified atom stereocenters. The van der Waals surface area contributed by atoms with Crippen LogP contribution in [0.1, 0.15) is 27.0 Å². The number of aryl methyl sites for hydroxylation is 2. The van der Waals surface area contributed by atoms with Crippen LogP contribution in [0.4, 0.5) is 4.39 Å².